The number of hydrogen-bond donors (Lipinski definition) is 0. The van der Waals surface area contributed by atoms with E-state index in [9.17, 15) is 9.59 Å². The molecular weight excluding hydrogens is 290 g/mol. The lowest BCUT2D eigenvalue weighted by molar-refractivity contribution is -0.124. The van der Waals surface area contributed by atoms with Crippen LogP contribution in [0.1, 0.15) is 45.2 Å². The molecule has 2 amide bonds. The van der Waals surface area contributed by atoms with Gasteiger partial charge in [0.05, 0.1) is 0 Å². The van der Waals surface area contributed by atoms with Crippen molar-refractivity contribution in [2.24, 2.45) is 0 Å². The van der Waals surface area contributed by atoms with Crippen LogP contribution in [0.5, 0.6) is 0 Å². The summed E-state index contributed by atoms with van der Waals surface area (Å²) in [6.07, 6.45) is 4.80. The molecule has 0 N–H and O–H groups in total. The van der Waals surface area contributed by atoms with Crippen molar-refractivity contribution < 1.29 is 14.3 Å². The second-order valence-electron chi connectivity index (χ2n) is 6.02. The fourth-order valence-corrected chi connectivity index (χ4v) is 2.53. The van der Waals surface area contributed by atoms with Crippen molar-refractivity contribution in [1.29, 1.82) is 0 Å². The van der Waals surface area contributed by atoms with Crippen molar-refractivity contribution >= 4 is 12.0 Å². The summed E-state index contributed by atoms with van der Waals surface area (Å²) in [5.74, 6) is -0.309. The molecule has 0 radical (unpaired) electrons. The molecule has 1 saturated heterocycles. The van der Waals surface area contributed by atoms with Gasteiger partial charge < -0.3 is 4.74 Å². The molecule has 1 unspecified atom stereocenters. The van der Waals surface area contributed by atoms with Gasteiger partial charge in [-0.05, 0) is 39.2 Å². The zero-order valence-electron chi connectivity index (χ0n) is 13.9. The number of amides is 2. The quantitative estimate of drug-likeness (QED) is 0.598. The number of hydrogen-bond acceptors (Lipinski definition) is 3. The summed E-state index contributed by atoms with van der Waals surface area (Å²) in [5.41, 5.74) is 3.12. The van der Waals surface area contributed by atoms with Crippen molar-refractivity contribution in [2.75, 3.05) is 6.61 Å². The molecule has 0 spiro atoms. The Balaban J connectivity index is 2.09. The van der Waals surface area contributed by atoms with E-state index in [4.69, 9.17) is 4.74 Å². The normalized spacial score (nSPS) is 17.9. The Bertz CT molecular complexity index is 627. The molecule has 0 saturated carbocycles. The lowest BCUT2D eigenvalue weighted by Crippen LogP contribution is -2.33. The highest BCUT2D eigenvalue weighted by molar-refractivity contribution is 6.00. The van der Waals surface area contributed by atoms with Gasteiger partial charge in [-0.25, -0.2) is 9.69 Å². The molecule has 1 aliphatic rings. The number of rotatable bonds is 5. The first kappa shape index (κ1) is 17.0. The Morgan fingerprint density at radius 3 is 2.61 bits per heavy atom. The van der Waals surface area contributed by atoms with Gasteiger partial charge >= 0.3 is 6.09 Å². The summed E-state index contributed by atoms with van der Waals surface area (Å²) in [6, 6.07) is 9.14. The van der Waals surface area contributed by atoms with Gasteiger partial charge in [-0.2, -0.15) is 0 Å². The van der Waals surface area contributed by atoms with Gasteiger partial charge in [0, 0.05) is 6.08 Å². The molecule has 1 aliphatic heterocycles. The van der Waals surface area contributed by atoms with Crippen LogP contribution in [0.15, 0.2) is 53.6 Å². The largest absolute Gasteiger partial charge is 0.446 e. The molecule has 4 heteroatoms. The highest BCUT2D eigenvalue weighted by Gasteiger charge is 2.37. The number of nitrogens with zero attached hydrogens (tertiary/aromatic N) is 1. The van der Waals surface area contributed by atoms with Crippen molar-refractivity contribution in [3.63, 3.8) is 0 Å². The van der Waals surface area contributed by atoms with Crippen LogP contribution in [0.3, 0.4) is 0 Å². The first-order chi connectivity index (χ1) is 11.0. The SMILES string of the molecule is CC(C)=CCC/C(C)=C/C(=O)N1C(=O)OCC1c1ccccc1. The Morgan fingerprint density at radius 2 is 1.96 bits per heavy atom. The second kappa shape index (κ2) is 7.77. The highest BCUT2D eigenvalue weighted by Crippen LogP contribution is 2.28. The minimum Gasteiger partial charge on any atom is -0.446 e. The maximum absolute atomic E-state index is 12.5. The Labute approximate surface area is 137 Å². The maximum atomic E-state index is 12.5. The zero-order chi connectivity index (χ0) is 16.8. The second-order valence-corrected chi connectivity index (χ2v) is 6.02. The third-order valence-electron chi connectivity index (χ3n) is 3.76. The van der Waals surface area contributed by atoms with Crippen LogP contribution in [-0.2, 0) is 9.53 Å². The van der Waals surface area contributed by atoms with E-state index in [0.717, 1.165) is 24.0 Å². The van der Waals surface area contributed by atoms with Crippen molar-refractivity contribution in [2.45, 2.75) is 39.7 Å². The minimum atomic E-state index is -0.572. The summed E-state index contributed by atoms with van der Waals surface area (Å²) in [6.45, 7) is 6.22. The number of carbonyl (C=O) groups excluding carboxylic acids is 2. The van der Waals surface area contributed by atoms with Gasteiger partial charge in [-0.3, -0.25) is 4.79 Å². The molecule has 122 valence electrons. The van der Waals surface area contributed by atoms with E-state index in [2.05, 4.69) is 19.9 Å². The number of allylic oxidation sites excluding steroid dienone is 3. The van der Waals surface area contributed by atoms with Crippen LogP contribution in [0.2, 0.25) is 0 Å². The van der Waals surface area contributed by atoms with E-state index in [1.165, 1.54) is 10.5 Å². The van der Waals surface area contributed by atoms with Crippen LogP contribution < -0.4 is 0 Å². The van der Waals surface area contributed by atoms with Gasteiger partial charge in [-0.15, -0.1) is 0 Å². The first-order valence-electron chi connectivity index (χ1n) is 7.84. The average molecular weight is 313 g/mol. The van der Waals surface area contributed by atoms with E-state index < -0.39 is 6.09 Å². The van der Waals surface area contributed by atoms with Gasteiger partial charge in [0.1, 0.15) is 12.6 Å². The van der Waals surface area contributed by atoms with Crippen molar-refractivity contribution in [3.8, 4) is 0 Å². The predicted octanol–water partition coefficient (Wildman–Crippen LogP) is 4.40. The topological polar surface area (TPSA) is 46.6 Å². The van der Waals surface area contributed by atoms with Crippen LogP contribution in [0.4, 0.5) is 4.79 Å². The molecule has 0 aromatic heterocycles. The Morgan fingerprint density at radius 1 is 1.26 bits per heavy atom. The van der Waals surface area contributed by atoms with E-state index >= 15 is 0 Å². The molecule has 23 heavy (non-hydrogen) atoms. The Hall–Kier alpha value is -2.36. The molecular formula is C19H23NO3. The molecule has 2 rings (SSSR count). The third kappa shape index (κ3) is 4.55. The fourth-order valence-electron chi connectivity index (χ4n) is 2.53. The van der Waals surface area contributed by atoms with E-state index in [1.54, 1.807) is 6.08 Å². The highest BCUT2D eigenvalue weighted by atomic mass is 16.6. The average Bonchev–Trinajstić information content (AvgIpc) is 2.89. The number of carbonyl (C=O) groups is 2. The predicted molar refractivity (Wildman–Crippen MR) is 89.8 cm³/mol. The summed E-state index contributed by atoms with van der Waals surface area (Å²) in [7, 11) is 0. The molecule has 1 aromatic rings. The van der Waals surface area contributed by atoms with Gasteiger partial charge in [0.15, 0.2) is 0 Å². The first-order valence-corrected chi connectivity index (χ1v) is 7.84. The van der Waals surface area contributed by atoms with Crippen LogP contribution >= 0.6 is 0 Å². The van der Waals surface area contributed by atoms with Crippen LogP contribution in [0, 0.1) is 0 Å². The summed E-state index contributed by atoms with van der Waals surface area (Å²) in [5, 5.41) is 0. The molecule has 1 atom stereocenters. The van der Waals surface area contributed by atoms with Gasteiger partial charge in [0.25, 0.3) is 5.91 Å². The third-order valence-corrected chi connectivity index (χ3v) is 3.76. The number of benzene rings is 1. The van der Waals surface area contributed by atoms with Crippen LogP contribution in [-0.4, -0.2) is 23.5 Å². The minimum absolute atomic E-state index is 0.208. The van der Waals surface area contributed by atoms with Gasteiger partial charge in [-0.1, -0.05) is 47.6 Å². The zero-order valence-corrected chi connectivity index (χ0v) is 13.9. The van der Waals surface area contributed by atoms with E-state index in [0.29, 0.717) is 0 Å². The molecule has 4 nitrogen and oxygen atoms in total. The number of ether oxygens (including phenoxy) is 1. The maximum Gasteiger partial charge on any atom is 0.417 e. The standard InChI is InChI=1S/C19H23NO3/c1-14(2)8-7-9-15(3)12-18(21)20-17(13-23-19(20)22)16-10-5-4-6-11-16/h4-6,8,10-12,17H,7,9,13H2,1-3H3/b15-12+. The fraction of sp³-hybridized carbons (Fsp3) is 0.368. The van der Waals surface area contributed by atoms with Crippen LogP contribution in [0.25, 0.3) is 0 Å². The summed E-state index contributed by atoms with van der Waals surface area (Å²) in [4.78, 5) is 25.6. The molecule has 0 aliphatic carbocycles. The van der Waals surface area contributed by atoms with Gasteiger partial charge in [0.2, 0.25) is 0 Å². The number of imide groups is 1. The molecule has 1 fully saturated rings. The lowest BCUT2D eigenvalue weighted by Gasteiger charge is -2.18. The molecule has 1 aromatic carbocycles. The Kier molecular flexibility index (Phi) is 5.74. The molecule has 1 heterocycles. The summed E-state index contributed by atoms with van der Waals surface area (Å²) < 4.78 is 5.08. The smallest absolute Gasteiger partial charge is 0.417 e. The van der Waals surface area contributed by atoms with Crippen molar-refractivity contribution in [1.82, 2.24) is 4.90 Å². The number of cyclic esters (lactones) is 1. The molecule has 0 bridgehead atoms. The van der Waals surface area contributed by atoms with E-state index in [-0.39, 0.29) is 18.6 Å². The van der Waals surface area contributed by atoms with E-state index in [1.807, 2.05) is 37.3 Å². The van der Waals surface area contributed by atoms with Crippen molar-refractivity contribution in [3.05, 3.63) is 59.2 Å². The monoisotopic (exact) mass is 313 g/mol. The summed E-state index contributed by atoms with van der Waals surface area (Å²) >= 11 is 0. The lowest BCUT2D eigenvalue weighted by atomic mass is 10.1.